The maximum atomic E-state index is 12.5. The first-order chi connectivity index (χ1) is 13.2. The Bertz CT molecular complexity index is 942. The largest absolute Gasteiger partial charge is 0.347 e. The molecule has 3 aromatic rings. The van der Waals surface area contributed by atoms with Gasteiger partial charge in [0.05, 0.1) is 0 Å². The van der Waals surface area contributed by atoms with Crippen LogP contribution in [0, 0.1) is 0 Å². The van der Waals surface area contributed by atoms with Crippen molar-refractivity contribution >= 4 is 17.5 Å². The van der Waals surface area contributed by atoms with Crippen LogP contribution in [0.1, 0.15) is 39.0 Å². The van der Waals surface area contributed by atoms with Crippen LogP contribution in [0.25, 0.3) is 0 Å². The highest BCUT2D eigenvalue weighted by Crippen LogP contribution is 2.16. The average molecular weight is 360 g/mol. The van der Waals surface area contributed by atoms with Crippen LogP contribution in [0.3, 0.4) is 0 Å². The minimum atomic E-state index is -0.349. The fourth-order valence-electron chi connectivity index (χ4n) is 2.60. The SMILES string of the molecule is CCc1ccccc1NC(=O)c1cccc(C(=O)NCc2cccnc2)n1. The predicted molar refractivity (Wildman–Crippen MR) is 103 cm³/mol. The molecular weight excluding hydrogens is 340 g/mol. The number of nitrogens with one attached hydrogen (secondary N) is 2. The minimum absolute atomic E-state index is 0.190. The molecule has 0 saturated heterocycles. The third-order valence-corrected chi connectivity index (χ3v) is 4.04. The molecule has 0 saturated carbocycles. The number of rotatable bonds is 6. The summed E-state index contributed by atoms with van der Waals surface area (Å²) >= 11 is 0. The Balaban J connectivity index is 1.69. The van der Waals surface area contributed by atoms with Crippen molar-refractivity contribution in [3.05, 3.63) is 89.5 Å². The van der Waals surface area contributed by atoms with E-state index in [1.54, 1.807) is 36.7 Å². The Labute approximate surface area is 157 Å². The van der Waals surface area contributed by atoms with E-state index in [0.717, 1.165) is 23.2 Å². The zero-order valence-corrected chi connectivity index (χ0v) is 15.0. The summed E-state index contributed by atoms with van der Waals surface area (Å²) in [7, 11) is 0. The molecule has 2 heterocycles. The van der Waals surface area contributed by atoms with Crippen LogP contribution in [-0.2, 0) is 13.0 Å². The van der Waals surface area contributed by atoms with E-state index < -0.39 is 0 Å². The Morgan fingerprint density at radius 1 is 0.926 bits per heavy atom. The topological polar surface area (TPSA) is 84.0 Å². The minimum Gasteiger partial charge on any atom is -0.347 e. The maximum absolute atomic E-state index is 12.5. The van der Waals surface area contributed by atoms with Gasteiger partial charge in [-0.25, -0.2) is 4.98 Å². The van der Waals surface area contributed by atoms with Gasteiger partial charge in [0.15, 0.2) is 0 Å². The van der Waals surface area contributed by atoms with Crippen molar-refractivity contribution in [3.8, 4) is 0 Å². The fraction of sp³-hybridized carbons (Fsp3) is 0.143. The average Bonchev–Trinajstić information content (AvgIpc) is 2.73. The van der Waals surface area contributed by atoms with Crippen LogP contribution in [-0.4, -0.2) is 21.8 Å². The van der Waals surface area contributed by atoms with Crippen LogP contribution >= 0.6 is 0 Å². The van der Waals surface area contributed by atoms with Gasteiger partial charge >= 0.3 is 0 Å². The van der Waals surface area contributed by atoms with Crippen LogP contribution in [0.4, 0.5) is 5.69 Å². The molecule has 0 fully saturated rings. The van der Waals surface area contributed by atoms with Gasteiger partial charge in [0.1, 0.15) is 11.4 Å². The summed E-state index contributed by atoms with van der Waals surface area (Å²) in [5.41, 5.74) is 3.05. The molecule has 2 aromatic heterocycles. The highest BCUT2D eigenvalue weighted by atomic mass is 16.2. The Morgan fingerprint density at radius 2 is 1.70 bits per heavy atom. The molecule has 0 bridgehead atoms. The lowest BCUT2D eigenvalue weighted by Gasteiger charge is -2.10. The number of carbonyl (C=O) groups is 2. The first-order valence-electron chi connectivity index (χ1n) is 8.71. The van der Waals surface area contributed by atoms with Gasteiger partial charge in [-0.2, -0.15) is 0 Å². The number of benzene rings is 1. The van der Waals surface area contributed by atoms with Gasteiger partial charge in [-0.15, -0.1) is 0 Å². The molecule has 0 atom stereocenters. The fourth-order valence-corrected chi connectivity index (χ4v) is 2.60. The summed E-state index contributed by atoms with van der Waals surface area (Å²) in [6, 6.07) is 16.1. The first kappa shape index (κ1) is 18.3. The Morgan fingerprint density at radius 3 is 2.44 bits per heavy atom. The van der Waals surface area contributed by atoms with Crippen molar-refractivity contribution in [2.24, 2.45) is 0 Å². The molecule has 6 nitrogen and oxygen atoms in total. The number of para-hydroxylation sites is 1. The number of carbonyl (C=O) groups excluding carboxylic acids is 2. The summed E-state index contributed by atoms with van der Waals surface area (Å²) in [5, 5.41) is 5.64. The van der Waals surface area contributed by atoms with Crippen LogP contribution in [0.15, 0.2) is 67.0 Å². The molecule has 2 N–H and O–H groups in total. The van der Waals surface area contributed by atoms with E-state index in [1.807, 2.05) is 37.3 Å². The first-order valence-corrected chi connectivity index (χ1v) is 8.71. The Hall–Kier alpha value is -3.54. The zero-order valence-electron chi connectivity index (χ0n) is 15.0. The van der Waals surface area contributed by atoms with Gasteiger partial charge in [0.25, 0.3) is 11.8 Å². The van der Waals surface area contributed by atoms with Crippen LogP contribution in [0.2, 0.25) is 0 Å². The second kappa shape index (κ2) is 8.71. The summed E-state index contributed by atoms with van der Waals surface area (Å²) < 4.78 is 0. The van der Waals surface area contributed by atoms with E-state index in [2.05, 4.69) is 20.6 Å². The number of aromatic nitrogens is 2. The summed E-state index contributed by atoms with van der Waals surface area (Å²) in [6.45, 7) is 2.37. The molecule has 2 amide bonds. The third-order valence-electron chi connectivity index (χ3n) is 4.04. The zero-order chi connectivity index (χ0) is 19.1. The quantitative estimate of drug-likeness (QED) is 0.707. The van der Waals surface area contributed by atoms with Crippen molar-refractivity contribution in [1.82, 2.24) is 15.3 Å². The van der Waals surface area contributed by atoms with E-state index in [-0.39, 0.29) is 23.2 Å². The van der Waals surface area contributed by atoms with E-state index in [4.69, 9.17) is 0 Å². The lowest BCUT2D eigenvalue weighted by atomic mass is 10.1. The van der Waals surface area contributed by atoms with Crippen LogP contribution < -0.4 is 10.6 Å². The van der Waals surface area contributed by atoms with Crippen molar-refractivity contribution in [2.45, 2.75) is 19.9 Å². The molecule has 0 aliphatic heterocycles. The van der Waals surface area contributed by atoms with Gasteiger partial charge in [0.2, 0.25) is 0 Å². The summed E-state index contributed by atoms with van der Waals surface area (Å²) in [5.74, 6) is -0.694. The van der Waals surface area contributed by atoms with Crippen molar-refractivity contribution < 1.29 is 9.59 Å². The molecule has 0 radical (unpaired) electrons. The smallest absolute Gasteiger partial charge is 0.274 e. The molecule has 0 spiro atoms. The van der Waals surface area contributed by atoms with E-state index in [1.165, 1.54) is 0 Å². The van der Waals surface area contributed by atoms with E-state index >= 15 is 0 Å². The Kier molecular flexibility index (Phi) is 5.89. The van der Waals surface area contributed by atoms with Crippen LogP contribution in [0.5, 0.6) is 0 Å². The molecular formula is C21H20N4O2. The monoisotopic (exact) mass is 360 g/mol. The highest BCUT2D eigenvalue weighted by Gasteiger charge is 2.13. The lowest BCUT2D eigenvalue weighted by molar-refractivity contribution is 0.0945. The summed E-state index contributed by atoms with van der Waals surface area (Å²) in [6.07, 6.45) is 4.16. The summed E-state index contributed by atoms with van der Waals surface area (Å²) in [4.78, 5) is 33.1. The molecule has 6 heteroatoms. The van der Waals surface area contributed by atoms with Gasteiger partial charge < -0.3 is 10.6 Å². The molecule has 3 rings (SSSR count). The number of anilines is 1. The number of hydrogen-bond acceptors (Lipinski definition) is 4. The number of pyridine rings is 2. The maximum Gasteiger partial charge on any atom is 0.274 e. The predicted octanol–water partition coefficient (Wildman–Crippen LogP) is 3.22. The molecule has 1 aromatic carbocycles. The number of aryl methyl sites for hydroxylation is 1. The third kappa shape index (κ3) is 4.76. The molecule has 136 valence electrons. The van der Waals surface area contributed by atoms with Crippen molar-refractivity contribution in [2.75, 3.05) is 5.32 Å². The van der Waals surface area contributed by atoms with E-state index in [0.29, 0.717) is 6.54 Å². The molecule has 27 heavy (non-hydrogen) atoms. The van der Waals surface area contributed by atoms with Gasteiger partial charge in [-0.3, -0.25) is 14.6 Å². The van der Waals surface area contributed by atoms with Gasteiger partial charge in [-0.1, -0.05) is 37.3 Å². The molecule has 0 unspecified atom stereocenters. The highest BCUT2D eigenvalue weighted by molar-refractivity contribution is 6.04. The number of amides is 2. The number of hydrogen-bond donors (Lipinski definition) is 2. The molecule has 0 aliphatic carbocycles. The second-order valence-corrected chi connectivity index (χ2v) is 5.92. The standard InChI is InChI=1S/C21H20N4O2/c1-2-16-8-3-4-9-17(16)25-21(27)19-11-5-10-18(24-19)20(26)23-14-15-7-6-12-22-13-15/h3-13H,2,14H2,1H3,(H,23,26)(H,25,27). The lowest BCUT2D eigenvalue weighted by Crippen LogP contribution is -2.25. The van der Waals surface area contributed by atoms with E-state index in [9.17, 15) is 9.59 Å². The second-order valence-electron chi connectivity index (χ2n) is 5.92. The van der Waals surface area contributed by atoms with Gasteiger partial charge in [0, 0.05) is 24.6 Å². The normalized spacial score (nSPS) is 10.3. The van der Waals surface area contributed by atoms with Crippen molar-refractivity contribution in [3.63, 3.8) is 0 Å². The number of nitrogens with zero attached hydrogens (tertiary/aromatic N) is 2. The van der Waals surface area contributed by atoms with Crippen molar-refractivity contribution in [1.29, 1.82) is 0 Å². The van der Waals surface area contributed by atoms with Gasteiger partial charge in [-0.05, 0) is 41.8 Å². The molecule has 0 aliphatic rings.